The third-order valence-electron chi connectivity index (χ3n) is 5.41. The Morgan fingerprint density at radius 1 is 1.19 bits per heavy atom. The number of piperidine rings is 1. The predicted octanol–water partition coefficient (Wildman–Crippen LogP) is 1.99. The van der Waals surface area contributed by atoms with Crippen LogP contribution in [0.1, 0.15) is 18.5 Å². The van der Waals surface area contributed by atoms with Gasteiger partial charge >= 0.3 is 0 Å². The summed E-state index contributed by atoms with van der Waals surface area (Å²) in [6.45, 7) is 6.24. The fraction of sp³-hybridized carbons (Fsp3) is 0.444. The first-order chi connectivity index (χ1) is 12.7. The normalized spacial score (nSPS) is 18.9. The lowest BCUT2D eigenvalue weighted by atomic mass is 9.72. The zero-order chi connectivity index (χ0) is 17.6. The molecule has 8 nitrogen and oxygen atoms in total. The van der Waals surface area contributed by atoms with Crippen LogP contribution in [-0.4, -0.2) is 51.3 Å². The number of aromatic amines is 1. The molecule has 0 aromatic carbocycles. The van der Waals surface area contributed by atoms with E-state index in [1.807, 2.05) is 25.1 Å². The monoisotopic (exact) mass is 350 g/mol. The summed E-state index contributed by atoms with van der Waals surface area (Å²) in [5.74, 6) is 2.24. The van der Waals surface area contributed by atoms with Gasteiger partial charge in [-0.05, 0) is 45.0 Å². The van der Waals surface area contributed by atoms with Crippen molar-refractivity contribution in [2.75, 3.05) is 36.4 Å². The van der Waals surface area contributed by atoms with Crippen LogP contribution in [0.5, 0.6) is 0 Å². The van der Waals surface area contributed by atoms with Crippen molar-refractivity contribution in [3.8, 4) is 0 Å². The SMILES string of the molecule is Cc1cc(Nc2nc(N3CC4(CCNCC4)C3)nc3ncccc23)n[nH]1. The van der Waals surface area contributed by atoms with Crippen LogP contribution in [0.3, 0.4) is 0 Å². The molecule has 0 amide bonds. The summed E-state index contributed by atoms with van der Waals surface area (Å²) in [7, 11) is 0. The van der Waals surface area contributed by atoms with Gasteiger partial charge in [0.15, 0.2) is 11.5 Å². The second-order valence-corrected chi connectivity index (χ2v) is 7.41. The van der Waals surface area contributed by atoms with Crippen molar-refractivity contribution in [1.82, 2.24) is 30.5 Å². The lowest BCUT2D eigenvalue weighted by Crippen LogP contribution is -2.60. The number of H-pyrrole nitrogens is 1. The van der Waals surface area contributed by atoms with Crippen LogP contribution in [0.15, 0.2) is 24.4 Å². The molecule has 2 aliphatic heterocycles. The molecule has 5 rings (SSSR count). The molecule has 2 fully saturated rings. The Bertz CT molecular complexity index is 935. The van der Waals surface area contributed by atoms with Gasteiger partial charge in [-0.15, -0.1) is 0 Å². The van der Waals surface area contributed by atoms with E-state index in [1.165, 1.54) is 12.8 Å². The van der Waals surface area contributed by atoms with E-state index in [2.05, 4.69) is 30.7 Å². The molecule has 8 heteroatoms. The van der Waals surface area contributed by atoms with Gasteiger partial charge in [0.05, 0.1) is 5.39 Å². The Hall–Kier alpha value is -2.74. The molecule has 5 heterocycles. The van der Waals surface area contributed by atoms with Crippen LogP contribution in [-0.2, 0) is 0 Å². The summed E-state index contributed by atoms with van der Waals surface area (Å²) in [4.78, 5) is 16.2. The van der Waals surface area contributed by atoms with E-state index in [1.54, 1.807) is 6.20 Å². The van der Waals surface area contributed by atoms with Crippen LogP contribution in [0.2, 0.25) is 0 Å². The van der Waals surface area contributed by atoms with Crippen molar-refractivity contribution >= 4 is 28.6 Å². The topological polar surface area (TPSA) is 94.7 Å². The van der Waals surface area contributed by atoms with E-state index in [-0.39, 0.29) is 0 Å². The molecule has 0 bridgehead atoms. The molecule has 3 N–H and O–H groups in total. The summed E-state index contributed by atoms with van der Waals surface area (Å²) in [6, 6.07) is 5.84. The minimum atomic E-state index is 0.431. The molecule has 0 unspecified atom stereocenters. The first kappa shape index (κ1) is 15.5. The van der Waals surface area contributed by atoms with E-state index in [9.17, 15) is 0 Å². The predicted molar refractivity (Wildman–Crippen MR) is 101 cm³/mol. The quantitative estimate of drug-likeness (QED) is 0.665. The average Bonchev–Trinajstić information content (AvgIpc) is 3.05. The van der Waals surface area contributed by atoms with E-state index in [4.69, 9.17) is 9.97 Å². The van der Waals surface area contributed by atoms with Gasteiger partial charge in [0.2, 0.25) is 5.95 Å². The molecule has 0 atom stereocenters. The van der Waals surface area contributed by atoms with Gasteiger partial charge in [-0.25, -0.2) is 4.98 Å². The van der Waals surface area contributed by atoms with Crippen LogP contribution in [0, 0.1) is 12.3 Å². The fourth-order valence-electron chi connectivity index (χ4n) is 3.97. The van der Waals surface area contributed by atoms with Crippen molar-refractivity contribution in [2.45, 2.75) is 19.8 Å². The fourth-order valence-corrected chi connectivity index (χ4v) is 3.97. The molecule has 1 spiro atoms. The zero-order valence-electron chi connectivity index (χ0n) is 14.8. The van der Waals surface area contributed by atoms with Gasteiger partial charge in [0.25, 0.3) is 0 Å². The number of hydrogen-bond donors (Lipinski definition) is 3. The van der Waals surface area contributed by atoms with Gasteiger partial charge < -0.3 is 15.5 Å². The summed E-state index contributed by atoms with van der Waals surface area (Å²) in [5, 5.41) is 14.9. The van der Waals surface area contributed by atoms with Crippen molar-refractivity contribution < 1.29 is 0 Å². The van der Waals surface area contributed by atoms with Crippen LogP contribution in [0.4, 0.5) is 17.6 Å². The minimum absolute atomic E-state index is 0.431. The summed E-state index contributed by atoms with van der Waals surface area (Å²) in [5.41, 5.74) is 2.14. The Balaban J connectivity index is 1.47. The Labute approximate surface area is 151 Å². The molecule has 0 aliphatic carbocycles. The highest BCUT2D eigenvalue weighted by atomic mass is 15.3. The zero-order valence-corrected chi connectivity index (χ0v) is 14.8. The number of anilines is 3. The molecule has 0 radical (unpaired) electrons. The van der Waals surface area contributed by atoms with Gasteiger partial charge in [-0.1, -0.05) is 0 Å². The van der Waals surface area contributed by atoms with Crippen molar-refractivity contribution in [1.29, 1.82) is 0 Å². The van der Waals surface area contributed by atoms with Crippen LogP contribution >= 0.6 is 0 Å². The van der Waals surface area contributed by atoms with Gasteiger partial charge in [-0.3, -0.25) is 5.10 Å². The molecule has 134 valence electrons. The molecular weight excluding hydrogens is 328 g/mol. The lowest BCUT2D eigenvalue weighted by molar-refractivity contribution is 0.148. The van der Waals surface area contributed by atoms with Crippen molar-refractivity contribution in [3.05, 3.63) is 30.1 Å². The smallest absolute Gasteiger partial charge is 0.229 e. The molecule has 3 aromatic rings. The number of nitrogens with one attached hydrogen (secondary N) is 3. The lowest BCUT2D eigenvalue weighted by Gasteiger charge is -2.52. The second-order valence-electron chi connectivity index (χ2n) is 7.41. The van der Waals surface area contributed by atoms with Crippen molar-refractivity contribution in [3.63, 3.8) is 0 Å². The summed E-state index contributed by atoms with van der Waals surface area (Å²) in [6.07, 6.45) is 4.23. The highest BCUT2D eigenvalue weighted by Crippen LogP contribution is 2.40. The maximum Gasteiger partial charge on any atom is 0.229 e. The number of aryl methyl sites for hydroxylation is 1. The maximum atomic E-state index is 4.80. The Morgan fingerprint density at radius 3 is 2.81 bits per heavy atom. The number of aromatic nitrogens is 5. The molecule has 2 aliphatic rings. The number of pyridine rings is 1. The number of hydrogen-bond acceptors (Lipinski definition) is 7. The number of fused-ring (bicyclic) bond motifs is 1. The highest BCUT2D eigenvalue weighted by molar-refractivity contribution is 5.89. The summed E-state index contributed by atoms with van der Waals surface area (Å²) < 4.78 is 0. The van der Waals surface area contributed by atoms with Gasteiger partial charge in [0.1, 0.15) is 5.82 Å². The van der Waals surface area contributed by atoms with E-state index >= 15 is 0 Å². The van der Waals surface area contributed by atoms with Gasteiger partial charge in [-0.2, -0.15) is 15.1 Å². The average molecular weight is 350 g/mol. The van der Waals surface area contributed by atoms with E-state index < -0.39 is 0 Å². The second kappa shape index (κ2) is 5.91. The van der Waals surface area contributed by atoms with Gasteiger partial charge in [0, 0.05) is 36.5 Å². The third-order valence-corrected chi connectivity index (χ3v) is 5.41. The molecule has 3 aromatic heterocycles. The van der Waals surface area contributed by atoms with Crippen LogP contribution < -0.4 is 15.5 Å². The number of rotatable bonds is 3. The first-order valence-electron chi connectivity index (χ1n) is 9.08. The molecule has 0 saturated carbocycles. The number of nitrogens with zero attached hydrogens (tertiary/aromatic N) is 5. The molecule has 26 heavy (non-hydrogen) atoms. The maximum absolute atomic E-state index is 4.80. The van der Waals surface area contributed by atoms with E-state index in [0.29, 0.717) is 11.1 Å². The Kier molecular flexibility index (Phi) is 3.53. The largest absolute Gasteiger partial charge is 0.339 e. The summed E-state index contributed by atoms with van der Waals surface area (Å²) >= 11 is 0. The first-order valence-corrected chi connectivity index (χ1v) is 9.08. The molecule has 2 saturated heterocycles. The highest BCUT2D eigenvalue weighted by Gasteiger charge is 2.44. The minimum Gasteiger partial charge on any atom is -0.339 e. The Morgan fingerprint density at radius 2 is 2.04 bits per heavy atom. The standard InChI is InChI=1S/C18H22N8/c1-12-9-14(25-24-12)21-16-13-3-2-6-20-15(13)22-17(23-16)26-10-18(11-26)4-7-19-8-5-18/h2-3,6,9,19H,4-5,7-8,10-11H2,1H3,(H2,20,21,22,23,24,25). The third kappa shape index (κ3) is 2.66. The van der Waals surface area contributed by atoms with E-state index in [0.717, 1.165) is 54.8 Å². The molecular formula is C18H22N8. The van der Waals surface area contributed by atoms with Crippen molar-refractivity contribution in [2.24, 2.45) is 5.41 Å². The van der Waals surface area contributed by atoms with Crippen LogP contribution in [0.25, 0.3) is 11.0 Å².